The van der Waals surface area contributed by atoms with Crippen molar-refractivity contribution in [2.24, 2.45) is 0 Å². The van der Waals surface area contributed by atoms with Gasteiger partial charge in [0, 0.05) is 19.6 Å². The Kier molecular flexibility index (Phi) is 5.21. The Morgan fingerprint density at radius 3 is 2.50 bits per heavy atom. The van der Waals surface area contributed by atoms with Crippen molar-refractivity contribution >= 4 is 12.0 Å². The Morgan fingerprint density at radius 1 is 1.45 bits per heavy atom. The van der Waals surface area contributed by atoms with Crippen LogP contribution in [0, 0.1) is 0 Å². The van der Waals surface area contributed by atoms with Gasteiger partial charge in [0.25, 0.3) is 0 Å². The number of nitrogens with zero attached hydrogens (tertiary/aromatic N) is 1. The van der Waals surface area contributed by atoms with Crippen molar-refractivity contribution in [3.63, 3.8) is 0 Å². The molecule has 0 saturated carbocycles. The maximum Gasteiger partial charge on any atom is 0.406 e. The topological polar surface area (TPSA) is 78.9 Å². The van der Waals surface area contributed by atoms with Crippen LogP contribution in [0.2, 0.25) is 0 Å². The second kappa shape index (κ2) is 6.29. The minimum Gasteiger partial charge on any atom is -0.479 e. The van der Waals surface area contributed by atoms with E-state index in [0.29, 0.717) is 11.3 Å². The maximum atomic E-state index is 12.4. The lowest BCUT2D eigenvalue weighted by Gasteiger charge is -2.29. The molecule has 0 aromatic rings. The summed E-state index contributed by atoms with van der Waals surface area (Å²) in [7, 11) is 0. The van der Waals surface area contributed by atoms with Crippen molar-refractivity contribution in [1.29, 1.82) is 0 Å². The molecular formula is C11H17F3N2O4. The molecule has 1 aliphatic heterocycles. The highest BCUT2D eigenvalue weighted by molar-refractivity contribution is 5.86. The number of hydrogen-bond donors (Lipinski definition) is 2. The molecule has 1 rings (SSSR count). The average Bonchev–Trinajstić information content (AvgIpc) is 2.76. The second-order valence-corrected chi connectivity index (χ2v) is 4.66. The normalized spacial score (nSPS) is 22.6. The van der Waals surface area contributed by atoms with E-state index in [2.05, 4.69) is 5.32 Å². The summed E-state index contributed by atoms with van der Waals surface area (Å²) >= 11 is 0. The SMILES string of the molecule is CCCN(CC(F)(F)F)C(=O)NC1(C(=O)O)CCOC1. The average molecular weight is 298 g/mol. The number of hydrogen-bond acceptors (Lipinski definition) is 3. The van der Waals surface area contributed by atoms with E-state index in [9.17, 15) is 22.8 Å². The summed E-state index contributed by atoms with van der Waals surface area (Å²) in [6.07, 6.45) is -4.17. The summed E-state index contributed by atoms with van der Waals surface area (Å²) in [4.78, 5) is 23.6. The Bertz CT molecular complexity index is 367. The van der Waals surface area contributed by atoms with Gasteiger partial charge in [0.1, 0.15) is 6.54 Å². The highest BCUT2D eigenvalue weighted by Crippen LogP contribution is 2.21. The third kappa shape index (κ3) is 4.26. The summed E-state index contributed by atoms with van der Waals surface area (Å²) in [6.45, 7) is -0.00683. The fourth-order valence-electron chi connectivity index (χ4n) is 1.91. The van der Waals surface area contributed by atoms with Gasteiger partial charge in [0.05, 0.1) is 6.61 Å². The molecule has 1 aliphatic rings. The van der Waals surface area contributed by atoms with Crippen LogP contribution in [0.4, 0.5) is 18.0 Å². The summed E-state index contributed by atoms with van der Waals surface area (Å²) in [5.41, 5.74) is -1.64. The zero-order valence-electron chi connectivity index (χ0n) is 11.0. The Morgan fingerprint density at radius 2 is 2.10 bits per heavy atom. The van der Waals surface area contributed by atoms with Crippen LogP contribution < -0.4 is 5.32 Å². The lowest BCUT2D eigenvalue weighted by molar-refractivity contribution is -0.145. The molecule has 1 unspecified atom stereocenters. The third-order valence-corrected chi connectivity index (χ3v) is 2.93. The fraction of sp³-hybridized carbons (Fsp3) is 0.818. The van der Waals surface area contributed by atoms with Gasteiger partial charge in [0.2, 0.25) is 0 Å². The first kappa shape index (κ1) is 16.5. The van der Waals surface area contributed by atoms with Crippen LogP contribution in [0.15, 0.2) is 0 Å². The quantitative estimate of drug-likeness (QED) is 0.800. The Labute approximate surface area is 113 Å². The van der Waals surface area contributed by atoms with Crippen LogP contribution in [-0.4, -0.2) is 60.0 Å². The fourth-order valence-corrected chi connectivity index (χ4v) is 1.91. The summed E-state index contributed by atoms with van der Waals surface area (Å²) in [6, 6.07) is -1.04. The molecule has 2 N–H and O–H groups in total. The number of halogens is 3. The number of carbonyl (C=O) groups excluding carboxylic acids is 1. The van der Waals surface area contributed by atoms with Crippen molar-refractivity contribution in [3.05, 3.63) is 0 Å². The van der Waals surface area contributed by atoms with Gasteiger partial charge in [0.15, 0.2) is 5.54 Å². The summed E-state index contributed by atoms with van der Waals surface area (Å²) in [5, 5.41) is 11.3. The molecule has 0 radical (unpaired) electrons. The second-order valence-electron chi connectivity index (χ2n) is 4.66. The molecule has 2 amide bonds. The summed E-state index contributed by atoms with van der Waals surface area (Å²) in [5.74, 6) is -1.31. The lowest BCUT2D eigenvalue weighted by Crippen LogP contribution is -2.59. The zero-order chi connectivity index (χ0) is 15.4. The number of urea groups is 1. The zero-order valence-corrected chi connectivity index (χ0v) is 11.0. The molecule has 1 saturated heterocycles. The predicted octanol–water partition coefficient (Wildman–Crippen LogP) is 1.21. The van der Waals surface area contributed by atoms with Gasteiger partial charge in [-0.3, -0.25) is 0 Å². The van der Waals surface area contributed by atoms with E-state index in [1.54, 1.807) is 6.92 Å². The number of alkyl halides is 3. The molecule has 9 heteroatoms. The van der Waals surface area contributed by atoms with E-state index in [1.165, 1.54) is 0 Å². The third-order valence-electron chi connectivity index (χ3n) is 2.93. The van der Waals surface area contributed by atoms with Crippen LogP contribution in [0.25, 0.3) is 0 Å². The Hall–Kier alpha value is -1.51. The van der Waals surface area contributed by atoms with Gasteiger partial charge in [-0.15, -0.1) is 0 Å². The minimum absolute atomic E-state index is 0.0278. The number of rotatable bonds is 5. The van der Waals surface area contributed by atoms with Gasteiger partial charge < -0.3 is 20.1 Å². The molecule has 116 valence electrons. The molecule has 0 aliphatic carbocycles. The molecule has 0 aromatic heterocycles. The highest BCUT2D eigenvalue weighted by Gasteiger charge is 2.45. The highest BCUT2D eigenvalue weighted by atomic mass is 19.4. The molecular weight excluding hydrogens is 281 g/mol. The van der Waals surface area contributed by atoms with Crippen LogP contribution >= 0.6 is 0 Å². The van der Waals surface area contributed by atoms with Crippen LogP contribution in [0.1, 0.15) is 19.8 Å². The maximum absolute atomic E-state index is 12.4. The number of carboxylic acid groups (broad SMARTS) is 1. The largest absolute Gasteiger partial charge is 0.479 e. The van der Waals surface area contributed by atoms with E-state index in [0.717, 1.165) is 0 Å². The van der Waals surface area contributed by atoms with Crippen molar-refractivity contribution in [2.75, 3.05) is 26.3 Å². The van der Waals surface area contributed by atoms with E-state index in [1.807, 2.05) is 0 Å². The van der Waals surface area contributed by atoms with Gasteiger partial charge in [-0.05, 0) is 6.42 Å². The summed E-state index contributed by atoms with van der Waals surface area (Å²) < 4.78 is 42.1. The van der Waals surface area contributed by atoms with Crippen molar-refractivity contribution in [3.8, 4) is 0 Å². The molecule has 0 aromatic carbocycles. The molecule has 1 fully saturated rings. The van der Waals surface area contributed by atoms with Crippen molar-refractivity contribution < 1.29 is 32.6 Å². The number of carbonyl (C=O) groups is 2. The van der Waals surface area contributed by atoms with E-state index >= 15 is 0 Å². The first-order valence-corrected chi connectivity index (χ1v) is 6.15. The number of nitrogens with one attached hydrogen (secondary N) is 1. The molecule has 0 spiro atoms. The van der Waals surface area contributed by atoms with Crippen LogP contribution in [0.5, 0.6) is 0 Å². The first-order chi connectivity index (χ1) is 9.20. The Balaban J connectivity index is 2.76. The number of amides is 2. The van der Waals surface area contributed by atoms with E-state index < -0.39 is 30.3 Å². The van der Waals surface area contributed by atoms with Crippen molar-refractivity contribution in [1.82, 2.24) is 10.2 Å². The molecule has 6 nitrogen and oxygen atoms in total. The smallest absolute Gasteiger partial charge is 0.406 e. The number of carboxylic acids is 1. The molecule has 1 heterocycles. The number of aliphatic carboxylic acids is 1. The lowest BCUT2D eigenvalue weighted by atomic mass is 9.99. The molecule has 20 heavy (non-hydrogen) atoms. The van der Waals surface area contributed by atoms with Gasteiger partial charge in [-0.25, -0.2) is 9.59 Å². The molecule has 0 bridgehead atoms. The standard InChI is InChI=1S/C11H17F3N2O4/c1-2-4-16(6-11(12,13)14)9(19)15-10(8(17)18)3-5-20-7-10/h2-7H2,1H3,(H,15,19)(H,17,18). The van der Waals surface area contributed by atoms with Gasteiger partial charge >= 0.3 is 18.2 Å². The van der Waals surface area contributed by atoms with Crippen LogP contribution in [0.3, 0.4) is 0 Å². The monoisotopic (exact) mass is 298 g/mol. The first-order valence-electron chi connectivity index (χ1n) is 6.15. The van der Waals surface area contributed by atoms with E-state index in [-0.39, 0.29) is 26.2 Å². The van der Waals surface area contributed by atoms with Gasteiger partial charge in [-0.1, -0.05) is 6.92 Å². The molecule has 1 atom stereocenters. The van der Waals surface area contributed by atoms with Crippen LogP contribution in [-0.2, 0) is 9.53 Å². The van der Waals surface area contributed by atoms with Gasteiger partial charge in [-0.2, -0.15) is 13.2 Å². The van der Waals surface area contributed by atoms with E-state index in [4.69, 9.17) is 9.84 Å². The minimum atomic E-state index is -4.53. The predicted molar refractivity (Wildman–Crippen MR) is 62.3 cm³/mol. The number of ether oxygens (including phenoxy) is 1. The van der Waals surface area contributed by atoms with Crippen molar-refractivity contribution in [2.45, 2.75) is 31.5 Å².